The van der Waals surface area contributed by atoms with E-state index in [4.69, 9.17) is 4.42 Å². The van der Waals surface area contributed by atoms with Gasteiger partial charge in [0.25, 0.3) is 5.69 Å². The Morgan fingerprint density at radius 2 is 2.00 bits per heavy atom. The van der Waals surface area contributed by atoms with Crippen molar-refractivity contribution in [1.82, 2.24) is 0 Å². The van der Waals surface area contributed by atoms with Crippen molar-refractivity contribution in [3.63, 3.8) is 0 Å². The molecule has 5 heteroatoms. The van der Waals surface area contributed by atoms with Crippen molar-refractivity contribution in [3.05, 3.63) is 46.7 Å². The molecule has 0 bridgehead atoms. The number of non-ortho nitro benzene ring substituents is 1. The summed E-state index contributed by atoms with van der Waals surface area (Å²) < 4.78 is 5.37. The standard InChI is InChI=1S/C16H17NO3S/c18-17(19)13-9-12(16-7-4-8-20-16)10-15(11-13)21-14-5-2-1-3-6-14/h4,7-11,14H,1-3,5-6H2. The Bertz CT molecular complexity index is 618. The lowest BCUT2D eigenvalue weighted by atomic mass is 10.0. The molecule has 0 amide bonds. The summed E-state index contributed by atoms with van der Waals surface area (Å²) in [5, 5.41) is 11.7. The molecule has 0 saturated heterocycles. The first-order valence-corrected chi connectivity index (χ1v) is 8.10. The van der Waals surface area contributed by atoms with E-state index in [0.717, 1.165) is 10.5 Å². The van der Waals surface area contributed by atoms with Crippen molar-refractivity contribution in [1.29, 1.82) is 0 Å². The number of hydrogen-bond donors (Lipinski definition) is 0. The van der Waals surface area contributed by atoms with E-state index in [1.54, 1.807) is 36.2 Å². The summed E-state index contributed by atoms with van der Waals surface area (Å²) >= 11 is 1.76. The number of nitro groups is 1. The molecule has 1 fully saturated rings. The molecule has 4 nitrogen and oxygen atoms in total. The van der Waals surface area contributed by atoms with Crippen LogP contribution in [0.5, 0.6) is 0 Å². The number of rotatable bonds is 4. The van der Waals surface area contributed by atoms with Crippen molar-refractivity contribution in [2.24, 2.45) is 0 Å². The zero-order chi connectivity index (χ0) is 14.7. The molecule has 0 atom stereocenters. The van der Waals surface area contributed by atoms with Crippen molar-refractivity contribution < 1.29 is 9.34 Å². The molecule has 0 unspecified atom stereocenters. The van der Waals surface area contributed by atoms with Crippen LogP contribution < -0.4 is 0 Å². The van der Waals surface area contributed by atoms with Gasteiger partial charge in [0.15, 0.2) is 0 Å². The molecule has 1 saturated carbocycles. The van der Waals surface area contributed by atoms with Gasteiger partial charge < -0.3 is 4.42 Å². The largest absolute Gasteiger partial charge is 0.464 e. The highest BCUT2D eigenvalue weighted by Crippen LogP contribution is 2.37. The van der Waals surface area contributed by atoms with Gasteiger partial charge in [-0.15, -0.1) is 11.8 Å². The highest BCUT2D eigenvalue weighted by atomic mass is 32.2. The first-order chi connectivity index (χ1) is 10.2. The van der Waals surface area contributed by atoms with E-state index < -0.39 is 0 Å². The van der Waals surface area contributed by atoms with Gasteiger partial charge in [-0.25, -0.2) is 0 Å². The van der Waals surface area contributed by atoms with Crippen LogP contribution in [0.1, 0.15) is 32.1 Å². The molecule has 1 aromatic heterocycles. The Morgan fingerprint density at radius 1 is 1.19 bits per heavy atom. The summed E-state index contributed by atoms with van der Waals surface area (Å²) in [7, 11) is 0. The summed E-state index contributed by atoms with van der Waals surface area (Å²) in [5.41, 5.74) is 0.898. The average Bonchev–Trinajstić information content (AvgIpc) is 3.02. The molecule has 1 aromatic carbocycles. The molecule has 1 aliphatic carbocycles. The maximum absolute atomic E-state index is 11.1. The predicted molar refractivity (Wildman–Crippen MR) is 83.5 cm³/mol. The Labute approximate surface area is 127 Å². The SMILES string of the molecule is O=[N+]([O-])c1cc(SC2CCCCC2)cc(-c2ccco2)c1. The van der Waals surface area contributed by atoms with Gasteiger partial charge in [-0.05, 0) is 31.0 Å². The van der Waals surface area contributed by atoms with Crippen molar-refractivity contribution >= 4 is 17.4 Å². The number of hydrogen-bond acceptors (Lipinski definition) is 4. The third-order valence-electron chi connectivity index (χ3n) is 3.76. The van der Waals surface area contributed by atoms with Crippen LogP contribution in [0.4, 0.5) is 5.69 Å². The van der Waals surface area contributed by atoms with E-state index in [1.165, 1.54) is 32.1 Å². The Morgan fingerprint density at radius 3 is 2.67 bits per heavy atom. The lowest BCUT2D eigenvalue weighted by molar-refractivity contribution is -0.385. The molecule has 2 aromatic rings. The van der Waals surface area contributed by atoms with Gasteiger partial charge in [-0.1, -0.05) is 19.3 Å². The molecule has 110 valence electrons. The van der Waals surface area contributed by atoms with Gasteiger partial charge in [0, 0.05) is 27.8 Å². The van der Waals surface area contributed by atoms with Crippen LogP contribution in [-0.2, 0) is 0 Å². The minimum atomic E-state index is -0.336. The fourth-order valence-electron chi connectivity index (χ4n) is 2.72. The highest BCUT2D eigenvalue weighted by molar-refractivity contribution is 8.00. The molecular formula is C16H17NO3S. The molecule has 1 heterocycles. The lowest BCUT2D eigenvalue weighted by Gasteiger charge is -2.21. The number of furan rings is 1. The summed E-state index contributed by atoms with van der Waals surface area (Å²) in [4.78, 5) is 11.8. The average molecular weight is 303 g/mol. The first kappa shape index (κ1) is 14.2. The van der Waals surface area contributed by atoms with E-state index in [1.807, 2.05) is 12.1 Å². The Hall–Kier alpha value is -1.75. The molecule has 3 rings (SSSR count). The topological polar surface area (TPSA) is 56.3 Å². The third kappa shape index (κ3) is 3.47. The van der Waals surface area contributed by atoms with Crippen molar-refractivity contribution in [2.75, 3.05) is 0 Å². The fourth-order valence-corrected chi connectivity index (χ4v) is 4.06. The van der Waals surface area contributed by atoms with Gasteiger partial charge in [0.2, 0.25) is 0 Å². The predicted octanol–water partition coefficient (Wildman–Crippen LogP) is 5.28. The van der Waals surface area contributed by atoms with Crippen LogP contribution in [-0.4, -0.2) is 10.2 Å². The minimum absolute atomic E-state index is 0.127. The summed E-state index contributed by atoms with van der Waals surface area (Å²) in [5.74, 6) is 0.671. The van der Waals surface area contributed by atoms with Gasteiger partial charge >= 0.3 is 0 Å². The normalized spacial score (nSPS) is 16.0. The molecule has 0 N–H and O–H groups in total. The monoisotopic (exact) mass is 303 g/mol. The molecule has 1 aliphatic rings. The molecule has 21 heavy (non-hydrogen) atoms. The van der Waals surface area contributed by atoms with E-state index in [0.29, 0.717) is 11.0 Å². The smallest absolute Gasteiger partial charge is 0.271 e. The lowest BCUT2D eigenvalue weighted by Crippen LogP contribution is -2.07. The van der Waals surface area contributed by atoms with Crippen LogP contribution >= 0.6 is 11.8 Å². The molecule has 0 aliphatic heterocycles. The number of benzene rings is 1. The van der Waals surface area contributed by atoms with Gasteiger partial charge in [0.05, 0.1) is 11.2 Å². The van der Waals surface area contributed by atoms with E-state index in [2.05, 4.69) is 0 Å². The van der Waals surface area contributed by atoms with Gasteiger partial charge in [0.1, 0.15) is 5.76 Å². The minimum Gasteiger partial charge on any atom is -0.464 e. The van der Waals surface area contributed by atoms with Crippen LogP contribution in [0.25, 0.3) is 11.3 Å². The second-order valence-corrected chi connectivity index (χ2v) is 6.70. The van der Waals surface area contributed by atoms with E-state index in [9.17, 15) is 10.1 Å². The first-order valence-electron chi connectivity index (χ1n) is 7.22. The summed E-state index contributed by atoms with van der Waals surface area (Å²) in [6, 6.07) is 8.86. The summed E-state index contributed by atoms with van der Waals surface area (Å²) in [6.07, 6.45) is 7.81. The van der Waals surface area contributed by atoms with Crippen LogP contribution in [0.2, 0.25) is 0 Å². The molecule has 0 radical (unpaired) electrons. The summed E-state index contributed by atoms with van der Waals surface area (Å²) in [6.45, 7) is 0. The van der Waals surface area contributed by atoms with Crippen LogP contribution in [0.3, 0.4) is 0 Å². The van der Waals surface area contributed by atoms with Gasteiger partial charge in [-0.3, -0.25) is 10.1 Å². The third-order valence-corrected chi connectivity index (χ3v) is 5.08. The second kappa shape index (κ2) is 6.35. The van der Waals surface area contributed by atoms with E-state index in [-0.39, 0.29) is 10.6 Å². The number of nitrogens with zero attached hydrogens (tertiary/aromatic N) is 1. The fraction of sp³-hybridized carbons (Fsp3) is 0.375. The number of thioether (sulfide) groups is 1. The highest BCUT2D eigenvalue weighted by Gasteiger charge is 2.18. The zero-order valence-electron chi connectivity index (χ0n) is 11.7. The van der Waals surface area contributed by atoms with Crippen LogP contribution in [0.15, 0.2) is 45.9 Å². The zero-order valence-corrected chi connectivity index (χ0v) is 12.5. The molecule has 0 spiro atoms. The maximum Gasteiger partial charge on any atom is 0.271 e. The van der Waals surface area contributed by atoms with E-state index >= 15 is 0 Å². The Kier molecular flexibility index (Phi) is 4.29. The number of nitro benzene ring substituents is 1. The maximum atomic E-state index is 11.1. The van der Waals surface area contributed by atoms with Crippen molar-refractivity contribution in [2.45, 2.75) is 42.2 Å². The quantitative estimate of drug-likeness (QED) is 0.569. The Balaban J connectivity index is 1.89. The molecular weight excluding hydrogens is 286 g/mol. The van der Waals surface area contributed by atoms with Crippen molar-refractivity contribution in [3.8, 4) is 11.3 Å². The van der Waals surface area contributed by atoms with Crippen LogP contribution in [0, 0.1) is 10.1 Å². The second-order valence-electron chi connectivity index (χ2n) is 5.33. The van der Waals surface area contributed by atoms with Gasteiger partial charge in [-0.2, -0.15) is 0 Å².